The minimum Gasteiger partial charge on any atom is -0.507 e. The molecule has 1 N–H and O–H groups in total. The molecular formula is C24H28N2O5. The van der Waals surface area contributed by atoms with E-state index < -0.39 is 17.7 Å². The van der Waals surface area contributed by atoms with Crippen molar-refractivity contribution >= 4 is 17.4 Å². The van der Waals surface area contributed by atoms with E-state index in [0.29, 0.717) is 42.4 Å². The van der Waals surface area contributed by atoms with Crippen LogP contribution in [0.15, 0.2) is 59.0 Å². The number of carbonyl (C=O) groups excluding carboxylic acids is 2. The number of likely N-dealkylation sites (tertiary alicyclic amines) is 1. The minimum absolute atomic E-state index is 0.0314. The number of carbonyl (C=O) groups is 2. The van der Waals surface area contributed by atoms with Gasteiger partial charge in [0.15, 0.2) is 0 Å². The number of amides is 1. The van der Waals surface area contributed by atoms with Crippen molar-refractivity contribution in [2.24, 2.45) is 0 Å². The predicted molar refractivity (Wildman–Crippen MR) is 118 cm³/mol. The molecule has 7 nitrogen and oxygen atoms in total. The van der Waals surface area contributed by atoms with Crippen LogP contribution in [-0.4, -0.2) is 60.4 Å². The standard InChI is InChI=1S/C24H28N2O5/c1-5-15-30-18-10-8-17(9-11-18)22(27)20-21(19-12-7-16(2)31-19)26(24(29)23(20)28)14-6-13-25(3)4/h5,7-12,21,27H,1,6,13-15H2,2-4H3/b22-20-. The summed E-state index contributed by atoms with van der Waals surface area (Å²) >= 11 is 0. The maximum atomic E-state index is 12.9. The first-order chi connectivity index (χ1) is 14.8. The Morgan fingerprint density at radius 1 is 1.23 bits per heavy atom. The van der Waals surface area contributed by atoms with E-state index in [2.05, 4.69) is 6.58 Å². The van der Waals surface area contributed by atoms with Gasteiger partial charge in [0.2, 0.25) is 0 Å². The molecule has 1 aliphatic heterocycles. The Morgan fingerprint density at radius 2 is 1.94 bits per heavy atom. The van der Waals surface area contributed by atoms with Crippen LogP contribution in [0.5, 0.6) is 5.75 Å². The molecule has 0 bridgehead atoms. The van der Waals surface area contributed by atoms with Crippen molar-refractivity contribution < 1.29 is 23.8 Å². The molecule has 31 heavy (non-hydrogen) atoms. The van der Waals surface area contributed by atoms with E-state index in [9.17, 15) is 14.7 Å². The quantitative estimate of drug-likeness (QED) is 0.287. The Bertz CT molecular complexity index is 988. The minimum atomic E-state index is -0.771. The number of hydrogen-bond donors (Lipinski definition) is 1. The van der Waals surface area contributed by atoms with Crippen molar-refractivity contribution in [3.05, 3.63) is 71.7 Å². The third-order valence-corrected chi connectivity index (χ3v) is 5.07. The molecule has 7 heteroatoms. The highest BCUT2D eigenvalue weighted by molar-refractivity contribution is 6.46. The Hall–Kier alpha value is -3.32. The fraction of sp³-hybridized carbons (Fsp3) is 0.333. The summed E-state index contributed by atoms with van der Waals surface area (Å²) in [6, 6.07) is 9.43. The SMILES string of the molecule is C=CCOc1ccc(/C(O)=C2/C(=O)C(=O)N(CCCN(C)C)C2c2ccc(C)o2)cc1. The number of nitrogens with zero attached hydrogens (tertiary/aromatic N) is 2. The Kier molecular flexibility index (Phi) is 6.97. The first-order valence-electron chi connectivity index (χ1n) is 10.2. The molecule has 0 spiro atoms. The summed E-state index contributed by atoms with van der Waals surface area (Å²) in [7, 11) is 3.90. The molecule has 164 valence electrons. The lowest BCUT2D eigenvalue weighted by molar-refractivity contribution is -0.140. The fourth-order valence-corrected chi connectivity index (χ4v) is 3.58. The molecular weight excluding hydrogens is 396 g/mol. The molecule has 1 unspecified atom stereocenters. The highest BCUT2D eigenvalue weighted by atomic mass is 16.5. The normalized spacial score (nSPS) is 18.1. The lowest BCUT2D eigenvalue weighted by atomic mass is 9.99. The van der Waals surface area contributed by atoms with Gasteiger partial charge >= 0.3 is 0 Å². The Labute approximate surface area is 182 Å². The lowest BCUT2D eigenvalue weighted by Crippen LogP contribution is -2.32. The lowest BCUT2D eigenvalue weighted by Gasteiger charge is -2.24. The smallest absolute Gasteiger partial charge is 0.295 e. The molecule has 1 fully saturated rings. The fourth-order valence-electron chi connectivity index (χ4n) is 3.58. The van der Waals surface area contributed by atoms with E-state index >= 15 is 0 Å². The average molecular weight is 424 g/mol. The average Bonchev–Trinajstić information content (AvgIpc) is 3.28. The van der Waals surface area contributed by atoms with Gasteiger partial charge in [-0.05, 0) is 70.4 Å². The Balaban J connectivity index is 1.99. The number of ketones is 1. The van der Waals surface area contributed by atoms with E-state index in [0.717, 1.165) is 6.54 Å². The molecule has 1 aromatic heterocycles. The van der Waals surface area contributed by atoms with Crippen LogP contribution in [0.4, 0.5) is 0 Å². The molecule has 1 saturated heterocycles. The number of aryl methyl sites for hydroxylation is 1. The number of benzene rings is 1. The molecule has 1 aromatic carbocycles. The third kappa shape index (κ3) is 4.88. The second-order valence-electron chi connectivity index (χ2n) is 7.72. The van der Waals surface area contributed by atoms with Crippen molar-refractivity contribution in [1.82, 2.24) is 9.80 Å². The van der Waals surface area contributed by atoms with E-state index in [1.807, 2.05) is 19.0 Å². The highest BCUT2D eigenvalue weighted by Gasteiger charge is 2.47. The van der Waals surface area contributed by atoms with E-state index in [-0.39, 0.29) is 11.3 Å². The molecule has 2 heterocycles. The number of aliphatic hydroxyl groups excluding tert-OH is 1. The zero-order chi connectivity index (χ0) is 22.5. The van der Waals surface area contributed by atoms with Crippen LogP contribution < -0.4 is 4.74 Å². The first-order valence-corrected chi connectivity index (χ1v) is 10.2. The van der Waals surface area contributed by atoms with Gasteiger partial charge in [0.05, 0.1) is 5.57 Å². The summed E-state index contributed by atoms with van der Waals surface area (Å²) in [5, 5.41) is 11.0. The van der Waals surface area contributed by atoms with Gasteiger partial charge in [0, 0.05) is 12.1 Å². The number of furan rings is 1. The first kappa shape index (κ1) is 22.4. The second-order valence-corrected chi connectivity index (χ2v) is 7.72. The van der Waals surface area contributed by atoms with Gasteiger partial charge in [0.25, 0.3) is 11.7 Å². The topological polar surface area (TPSA) is 83.2 Å². The van der Waals surface area contributed by atoms with Crippen LogP contribution in [-0.2, 0) is 9.59 Å². The van der Waals surface area contributed by atoms with Crippen LogP contribution >= 0.6 is 0 Å². The molecule has 2 aromatic rings. The summed E-state index contributed by atoms with van der Waals surface area (Å²) in [5.74, 6) is 0.145. The van der Waals surface area contributed by atoms with Crippen LogP contribution in [0.1, 0.15) is 29.5 Å². The zero-order valence-electron chi connectivity index (χ0n) is 18.1. The summed E-state index contributed by atoms with van der Waals surface area (Å²) < 4.78 is 11.2. The summed E-state index contributed by atoms with van der Waals surface area (Å²) in [6.45, 7) is 6.90. The van der Waals surface area contributed by atoms with Crippen LogP contribution in [0.25, 0.3) is 5.76 Å². The van der Waals surface area contributed by atoms with Crippen molar-refractivity contribution in [3.8, 4) is 5.75 Å². The summed E-state index contributed by atoms with van der Waals surface area (Å²) in [5.41, 5.74) is 0.453. The maximum Gasteiger partial charge on any atom is 0.295 e. The van der Waals surface area contributed by atoms with Gasteiger partial charge in [-0.15, -0.1) is 0 Å². The van der Waals surface area contributed by atoms with Gasteiger partial charge in [0.1, 0.15) is 35.7 Å². The van der Waals surface area contributed by atoms with Crippen molar-refractivity contribution in [2.45, 2.75) is 19.4 Å². The van der Waals surface area contributed by atoms with Gasteiger partial charge < -0.3 is 24.1 Å². The molecule has 0 aliphatic carbocycles. The monoisotopic (exact) mass is 424 g/mol. The zero-order valence-corrected chi connectivity index (χ0v) is 18.1. The Morgan fingerprint density at radius 3 is 2.52 bits per heavy atom. The predicted octanol–water partition coefficient (Wildman–Crippen LogP) is 3.53. The summed E-state index contributed by atoms with van der Waals surface area (Å²) in [4.78, 5) is 29.3. The largest absolute Gasteiger partial charge is 0.507 e. The van der Waals surface area contributed by atoms with E-state index in [1.165, 1.54) is 4.90 Å². The van der Waals surface area contributed by atoms with Gasteiger partial charge in [-0.2, -0.15) is 0 Å². The van der Waals surface area contributed by atoms with E-state index in [4.69, 9.17) is 9.15 Å². The van der Waals surface area contributed by atoms with Crippen LogP contribution in [0, 0.1) is 6.92 Å². The molecule has 0 saturated carbocycles. The molecule has 3 rings (SSSR count). The van der Waals surface area contributed by atoms with E-state index in [1.54, 1.807) is 49.4 Å². The van der Waals surface area contributed by atoms with Gasteiger partial charge in [-0.25, -0.2) is 0 Å². The number of aliphatic hydroxyl groups is 1. The number of hydrogen-bond acceptors (Lipinski definition) is 6. The maximum absolute atomic E-state index is 12.9. The second kappa shape index (κ2) is 9.66. The highest BCUT2D eigenvalue weighted by Crippen LogP contribution is 2.40. The number of rotatable bonds is 9. The number of ether oxygens (including phenoxy) is 1. The van der Waals surface area contributed by atoms with Crippen LogP contribution in [0.3, 0.4) is 0 Å². The molecule has 1 amide bonds. The van der Waals surface area contributed by atoms with Gasteiger partial charge in [-0.3, -0.25) is 9.59 Å². The number of Topliss-reactive ketones (excluding diaryl/α,β-unsaturated/α-hetero) is 1. The van der Waals surface area contributed by atoms with Crippen molar-refractivity contribution in [2.75, 3.05) is 33.8 Å². The van der Waals surface area contributed by atoms with Crippen LogP contribution in [0.2, 0.25) is 0 Å². The van der Waals surface area contributed by atoms with Crippen molar-refractivity contribution in [1.29, 1.82) is 0 Å². The third-order valence-electron chi connectivity index (χ3n) is 5.07. The molecule has 0 radical (unpaired) electrons. The molecule has 1 atom stereocenters. The van der Waals surface area contributed by atoms with Crippen molar-refractivity contribution in [3.63, 3.8) is 0 Å². The summed E-state index contributed by atoms with van der Waals surface area (Å²) in [6.07, 6.45) is 2.32. The molecule has 1 aliphatic rings. The van der Waals surface area contributed by atoms with Gasteiger partial charge in [-0.1, -0.05) is 12.7 Å².